The van der Waals surface area contributed by atoms with Gasteiger partial charge in [-0.25, -0.2) is 4.98 Å². The van der Waals surface area contributed by atoms with Crippen molar-refractivity contribution in [2.75, 3.05) is 5.32 Å². The second-order valence-electron chi connectivity index (χ2n) is 4.97. The molecule has 19 heavy (non-hydrogen) atoms. The van der Waals surface area contributed by atoms with Crippen molar-refractivity contribution in [1.29, 1.82) is 0 Å². The summed E-state index contributed by atoms with van der Waals surface area (Å²) in [6.45, 7) is 4.55. The van der Waals surface area contributed by atoms with Gasteiger partial charge in [0.15, 0.2) is 0 Å². The van der Waals surface area contributed by atoms with Gasteiger partial charge in [0, 0.05) is 24.6 Å². The predicted octanol–water partition coefficient (Wildman–Crippen LogP) is 3.69. The molecule has 1 aliphatic carbocycles. The van der Waals surface area contributed by atoms with Gasteiger partial charge < -0.3 is 9.88 Å². The second-order valence-corrected chi connectivity index (χ2v) is 4.97. The van der Waals surface area contributed by atoms with E-state index in [2.05, 4.69) is 39.6 Å². The van der Waals surface area contributed by atoms with E-state index in [1.54, 1.807) is 0 Å². The Morgan fingerprint density at radius 3 is 3.11 bits per heavy atom. The van der Waals surface area contributed by atoms with Gasteiger partial charge in [0.25, 0.3) is 0 Å². The number of fused-ring (bicyclic) bond motifs is 1. The molecule has 1 N–H and O–H groups in total. The van der Waals surface area contributed by atoms with E-state index in [0.29, 0.717) is 0 Å². The minimum atomic E-state index is 0.775. The summed E-state index contributed by atoms with van der Waals surface area (Å²) in [6, 6.07) is 6.53. The molecule has 0 saturated carbocycles. The molecule has 2 aromatic rings. The van der Waals surface area contributed by atoms with Gasteiger partial charge in [-0.05, 0) is 42.9 Å². The van der Waals surface area contributed by atoms with E-state index in [4.69, 9.17) is 0 Å². The topological polar surface area (TPSA) is 29.9 Å². The molecule has 0 amide bonds. The molecule has 0 unspecified atom stereocenters. The molecule has 0 saturated heterocycles. The fourth-order valence-corrected chi connectivity index (χ4v) is 2.74. The van der Waals surface area contributed by atoms with E-state index in [1.165, 1.54) is 42.5 Å². The zero-order valence-electron chi connectivity index (χ0n) is 11.1. The number of imidazole rings is 1. The van der Waals surface area contributed by atoms with E-state index >= 15 is 0 Å². The molecule has 1 aromatic carbocycles. The van der Waals surface area contributed by atoms with Gasteiger partial charge in [-0.2, -0.15) is 0 Å². The van der Waals surface area contributed by atoms with Gasteiger partial charge in [0.2, 0.25) is 5.95 Å². The standard InChI is InChI=1S/C16H19N3/c1-2-11-19-12-10-17-16(19)18-15-9-5-7-13-6-3-4-8-14(13)15/h2,5,7,9-10,12H,1,3-4,6,8,11H2,(H,17,18). The molecule has 3 heteroatoms. The third-order valence-electron chi connectivity index (χ3n) is 3.68. The zero-order valence-corrected chi connectivity index (χ0v) is 11.1. The molecule has 1 aromatic heterocycles. The number of hydrogen-bond acceptors (Lipinski definition) is 2. The highest BCUT2D eigenvalue weighted by Gasteiger charge is 2.13. The van der Waals surface area contributed by atoms with Crippen LogP contribution in [0, 0.1) is 0 Å². The number of nitrogens with one attached hydrogen (secondary N) is 1. The van der Waals surface area contributed by atoms with Crippen molar-refractivity contribution in [3.8, 4) is 0 Å². The molecule has 98 valence electrons. The first kappa shape index (κ1) is 12.0. The molecule has 0 aliphatic heterocycles. The number of hydrogen-bond donors (Lipinski definition) is 1. The Labute approximate surface area is 114 Å². The maximum absolute atomic E-state index is 4.38. The molecule has 3 rings (SSSR count). The predicted molar refractivity (Wildman–Crippen MR) is 78.8 cm³/mol. The first-order valence-electron chi connectivity index (χ1n) is 6.88. The number of nitrogens with zero attached hydrogens (tertiary/aromatic N) is 2. The summed E-state index contributed by atoms with van der Waals surface area (Å²) in [7, 11) is 0. The SMILES string of the molecule is C=CCn1ccnc1Nc1cccc2c1CCCC2. The lowest BCUT2D eigenvalue weighted by Gasteiger charge is -2.20. The van der Waals surface area contributed by atoms with E-state index < -0.39 is 0 Å². The highest BCUT2D eigenvalue weighted by Crippen LogP contribution is 2.29. The monoisotopic (exact) mass is 253 g/mol. The van der Waals surface area contributed by atoms with Crippen molar-refractivity contribution in [3.05, 3.63) is 54.4 Å². The van der Waals surface area contributed by atoms with Crippen molar-refractivity contribution in [1.82, 2.24) is 9.55 Å². The number of rotatable bonds is 4. The van der Waals surface area contributed by atoms with Gasteiger partial charge in [0.05, 0.1) is 0 Å². The first-order valence-corrected chi connectivity index (χ1v) is 6.88. The van der Waals surface area contributed by atoms with Crippen LogP contribution >= 0.6 is 0 Å². The van der Waals surface area contributed by atoms with Crippen LogP contribution in [0.1, 0.15) is 24.0 Å². The summed E-state index contributed by atoms with van der Waals surface area (Å²) in [4.78, 5) is 4.38. The Kier molecular flexibility index (Phi) is 3.36. The first-order chi connectivity index (χ1) is 9.38. The quantitative estimate of drug-likeness (QED) is 0.842. The Balaban J connectivity index is 1.90. The number of aromatic nitrogens is 2. The number of anilines is 2. The maximum atomic E-state index is 4.38. The minimum Gasteiger partial charge on any atom is -0.325 e. The third-order valence-corrected chi connectivity index (χ3v) is 3.68. The van der Waals surface area contributed by atoms with Gasteiger partial charge in [-0.3, -0.25) is 0 Å². The summed E-state index contributed by atoms with van der Waals surface area (Å²) < 4.78 is 2.06. The maximum Gasteiger partial charge on any atom is 0.207 e. The highest BCUT2D eigenvalue weighted by atomic mass is 15.2. The van der Waals surface area contributed by atoms with Gasteiger partial charge in [0.1, 0.15) is 0 Å². The summed E-state index contributed by atoms with van der Waals surface area (Å²) in [6.07, 6.45) is 10.6. The van der Waals surface area contributed by atoms with Crippen molar-refractivity contribution >= 4 is 11.6 Å². The van der Waals surface area contributed by atoms with Crippen LogP contribution in [-0.4, -0.2) is 9.55 Å². The average molecular weight is 253 g/mol. The van der Waals surface area contributed by atoms with Crippen molar-refractivity contribution in [2.24, 2.45) is 0 Å². The molecule has 0 radical (unpaired) electrons. The Hall–Kier alpha value is -2.03. The molecule has 0 atom stereocenters. The molecule has 0 fully saturated rings. The fourth-order valence-electron chi connectivity index (χ4n) is 2.74. The lowest BCUT2D eigenvalue weighted by atomic mass is 9.90. The zero-order chi connectivity index (χ0) is 13.1. The molecule has 3 nitrogen and oxygen atoms in total. The van der Waals surface area contributed by atoms with Crippen LogP contribution in [0.2, 0.25) is 0 Å². The fraction of sp³-hybridized carbons (Fsp3) is 0.312. The Bertz CT molecular complexity index is 583. The summed E-state index contributed by atoms with van der Waals surface area (Å²) in [5.74, 6) is 0.888. The molecular formula is C16H19N3. The van der Waals surface area contributed by atoms with Gasteiger partial charge in [-0.1, -0.05) is 18.2 Å². The summed E-state index contributed by atoms with van der Waals surface area (Å²) in [5, 5.41) is 3.47. The van der Waals surface area contributed by atoms with Crippen LogP contribution < -0.4 is 5.32 Å². The van der Waals surface area contributed by atoms with Gasteiger partial charge >= 0.3 is 0 Å². The molecule has 0 bridgehead atoms. The van der Waals surface area contributed by atoms with Crippen LogP contribution in [-0.2, 0) is 19.4 Å². The number of benzene rings is 1. The third kappa shape index (κ3) is 2.41. The van der Waals surface area contributed by atoms with Crippen LogP contribution in [0.15, 0.2) is 43.2 Å². The summed E-state index contributed by atoms with van der Waals surface area (Å²) >= 11 is 0. The molecule has 1 aliphatic rings. The lowest BCUT2D eigenvalue weighted by molar-refractivity contribution is 0.686. The van der Waals surface area contributed by atoms with Crippen LogP contribution in [0.4, 0.5) is 11.6 Å². The second kappa shape index (κ2) is 5.31. The average Bonchev–Trinajstić information content (AvgIpc) is 2.87. The van der Waals surface area contributed by atoms with Crippen LogP contribution in [0.25, 0.3) is 0 Å². The Morgan fingerprint density at radius 1 is 1.32 bits per heavy atom. The van der Waals surface area contributed by atoms with Crippen molar-refractivity contribution in [3.63, 3.8) is 0 Å². The van der Waals surface area contributed by atoms with Crippen molar-refractivity contribution < 1.29 is 0 Å². The highest BCUT2D eigenvalue weighted by molar-refractivity contribution is 5.61. The minimum absolute atomic E-state index is 0.775. The Morgan fingerprint density at radius 2 is 2.21 bits per heavy atom. The van der Waals surface area contributed by atoms with E-state index in [9.17, 15) is 0 Å². The van der Waals surface area contributed by atoms with E-state index in [0.717, 1.165) is 12.5 Å². The molecule has 0 spiro atoms. The van der Waals surface area contributed by atoms with E-state index in [-0.39, 0.29) is 0 Å². The molecular weight excluding hydrogens is 234 g/mol. The van der Waals surface area contributed by atoms with Crippen LogP contribution in [0.5, 0.6) is 0 Å². The molecule has 1 heterocycles. The lowest BCUT2D eigenvalue weighted by Crippen LogP contribution is -2.08. The van der Waals surface area contributed by atoms with Gasteiger partial charge in [-0.15, -0.1) is 6.58 Å². The van der Waals surface area contributed by atoms with Crippen molar-refractivity contribution in [2.45, 2.75) is 32.2 Å². The smallest absolute Gasteiger partial charge is 0.207 e. The number of aryl methyl sites for hydroxylation is 1. The van der Waals surface area contributed by atoms with Crippen LogP contribution in [0.3, 0.4) is 0 Å². The summed E-state index contributed by atoms with van der Waals surface area (Å²) in [5.41, 5.74) is 4.15. The normalized spacial score (nSPS) is 13.9. The number of allylic oxidation sites excluding steroid dienone is 1. The van der Waals surface area contributed by atoms with E-state index in [1.807, 2.05) is 18.5 Å². The largest absolute Gasteiger partial charge is 0.325 e.